The lowest BCUT2D eigenvalue weighted by atomic mass is 9.93. The van der Waals surface area contributed by atoms with Gasteiger partial charge in [0.1, 0.15) is 42.3 Å². The van der Waals surface area contributed by atoms with Gasteiger partial charge in [-0.1, -0.05) is 89.9 Å². The van der Waals surface area contributed by atoms with E-state index in [1.165, 1.54) is 26.4 Å². The first kappa shape index (κ1) is 57.7. The van der Waals surface area contributed by atoms with Crippen LogP contribution in [-0.4, -0.2) is 145 Å². The van der Waals surface area contributed by atoms with Crippen molar-refractivity contribution in [3.8, 4) is 0 Å². The van der Waals surface area contributed by atoms with Gasteiger partial charge < -0.3 is 64.0 Å². The van der Waals surface area contributed by atoms with E-state index < -0.39 is 108 Å². The largest absolute Gasteiger partial charge is 0.370 e. The number of benzene rings is 2. The molecule has 0 spiro atoms. The molecule has 2 aromatic carbocycles. The minimum atomic E-state index is -1.37. The fourth-order valence-corrected chi connectivity index (χ4v) is 11.4. The number of unbranched alkanes of at least 4 members (excludes halogenated alkanes) is 1. The fraction of sp³-hybridized carbons (Fsp3) is 0.460. The molecule has 0 saturated carbocycles. The molecule has 0 aliphatic carbocycles. The summed E-state index contributed by atoms with van der Waals surface area (Å²) in [6.07, 6.45) is 5.78. The van der Waals surface area contributed by atoms with E-state index in [9.17, 15) is 43.2 Å². The number of hydrogen-bond acceptors (Lipinski definition) is 13. The molecule has 4 heterocycles. The van der Waals surface area contributed by atoms with E-state index in [-0.39, 0.29) is 62.5 Å². The van der Waals surface area contributed by atoms with Gasteiger partial charge in [-0.15, -0.1) is 0 Å². The van der Waals surface area contributed by atoms with Crippen LogP contribution in [0.25, 0.3) is 10.9 Å². The topological polar surface area (TPSA) is 373 Å². The van der Waals surface area contributed by atoms with Crippen molar-refractivity contribution in [1.29, 1.82) is 5.41 Å². The maximum Gasteiger partial charge on any atom is 0.325 e. The van der Waals surface area contributed by atoms with E-state index in [0.717, 1.165) is 37.4 Å². The van der Waals surface area contributed by atoms with Crippen LogP contribution < -0.4 is 54.0 Å². The van der Waals surface area contributed by atoms with Crippen molar-refractivity contribution in [2.75, 3.05) is 18.1 Å². The molecule has 408 valence electrons. The zero-order valence-electron chi connectivity index (χ0n) is 42.4. The van der Waals surface area contributed by atoms with Crippen LogP contribution in [0.4, 0.5) is 4.79 Å². The molecule has 0 bridgehead atoms. The van der Waals surface area contributed by atoms with Gasteiger partial charge >= 0.3 is 6.03 Å². The van der Waals surface area contributed by atoms with Gasteiger partial charge in [0.25, 0.3) is 5.91 Å². The zero-order valence-corrected chi connectivity index (χ0v) is 44.1. The minimum absolute atomic E-state index is 0.0406. The Morgan fingerprint density at radius 3 is 2.01 bits per heavy atom. The van der Waals surface area contributed by atoms with E-state index in [4.69, 9.17) is 16.9 Å². The van der Waals surface area contributed by atoms with Gasteiger partial charge in [-0.05, 0) is 50.3 Å². The molecule has 10 amide bonds. The molecule has 2 fully saturated rings. The molecule has 24 nitrogen and oxygen atoms in total. The number of aromatic nitrogens is 3. The van der Waals surface area contributed by atoms with Gasteiger partial charge in [-0.2, -0.15) is 0 Å². The second kappa shape index (κ2) is 27.8. The van der Waals surface area contributed by atoms with Crippen LogP contribution >= 0.6 is 21.6 Å². The highest BCUT2D eigenvalue weighted by Crippen LogP contribution is 2.31. The summed E-state index contributed by atoms with van der Waals surface area (Å²) in [5.41, 5.74) is 13.9. The van der Waals surface area contributed by atoms with Crippen molar-refractivity contribution in [1.82, 2.24) is 62.4 Å². The third-order valence-electron chi connectivity index (χ3n) is 13.0. The average molecular weight is 1090 g/mol. The standard InChI is InChI=1S/C50H67N15O9S2/c1-4-5-17-40(65-48(73)28(3)59-50(65)74)33-24-75-76-25-39(41(51)66)64-46(71)37(20-30-22-56-34-15-10-9-14-32(30)34)63-44(69)35(16-11-18-55-49(52)53)60-45(70)36(19-29-12-7-6-8-13-29)62-47(72)38(21-31-23-54-26-57-31)61-42(67)27(2)58-43(33)68/h6-10,12-15,22-23,26-28,33,35-40,56H,4-5,11,16-21,24-25H2,1-3H3,(H2,51,66)(H,54,57)(H,58,68)(H,59,74)(H,60,70)(H,61,67)(H,62,72)(H,63,69)(H,64,71)(H4,52,53,55)/t27-,28+,33-,35+,36-,37+,38+,39+,40+/m1/s1. The first-order chi connectivity index (χ1) is 36.4. The van der Waals surface area contributed by atoms with Gasteiger partial charge in [-0.25, -0.2) is 9.78 Å². The summed E-state index contributed by atoms with van der Waals surface area (Å²) >= 11 is 0. The number of nitrogens with two attached hydrogens (primary N) is 2. The van der Waals surface area contributed by atoms with Crippen LogP contribution in [-0.2, 0) is 57.6 Å². The third kappa shape index (κ3) is 16.0. The smallest absolute Gasteiger partial charge is 0.325 e. The van der Waals surface area contributed by atoms with Crippen LogP contribution in [0, 0.1) is 11.3 Å². The molecule has 2 aliphatic heterocycles. The lowest BCUT2D eigenvalue weighted by molar-refractivity contribution is -0.136. The number of fused-ring (bicyclic) bond motifs is 1. The lowest BCUT2D eigenvalue weighted by Gasteiger charge is -2.32. The molecular weight excluding hydrogens is 1020 g/mol. The average Bonchev–Trinajstić information content (AvgIpc) is 4.13. The maximum absolute atomic E-state index is 14.7. The highest BCUT2D eigenvalue weighted by molar-refractivity contribution is 8.76. The molecule has 0 radical (unpaired) electrons. The van der Waals surface area contributed by atoms with E-state index in [2.05, 4.69) is 57.5 Å². The highest BCUT2D eigenvalue weighted by Gasteiger charge is 2.45. The molecule has 0 unspecified atom stereocenters. The summed E-state index contributed by atoms with van der Waals surface area (Å²) in [6.45, 7) is 4.99. The number of H-pyrrole nitrogens is 2. The number of para-hydroxylation sites is 1. The number of imide groups is 1. The Morgan fingerprint density at radius 2 is 1.36 bits per heavy atom. The van der Waals surface area contributed by atoms with Crippen molar-refractivity contribution in [2.45, 2.75) is 120 Å². The third-order valence-corrected chi connectivity index (χ3v) is 15.5. The lowest BCUT2D eigenvalue weighted by Crippen LogP contribution is -2.60. The van der Waals surface area contributed by atoms with Crippen LogP contribution in [0.5, 0.6) is 0 Å². The Labute approximate surface area is 447 Å². The second-order valence-electron chi connectivity index (χ2n) is 18.7. The number of primary amides is 1. The number of nitrogens with one attached hydrogen (secondary N) is 11. The van der Waals surface area contributed by atoms with Gasteiger partial charge in [0.2, 0.25) is 41.4 Å². The first-order valence-electron chi connectivity index (χ1n) is 25.1. The molecule has 9 atom stereocenters. The number of aromatic amines is 2. The summed E-state index contributed by atoms with van der Waals surface area (Å²) in [5.74, 6) is -7.73. The minimum Gasteiger partial charge on any atom is -0.370 e. The molecular formula is C50H67N15O9S2. The molecule has 4 aromatic rings. The monoisotopic (exact) mass is 1090 g/mol. The quantitative estimate of drug-likeness (QED) is 0.0233. The van der Waals surface area contributed by atoms with Gasteiger partial charge in [0.15, 0.2) is 5.96 Å². The summed E-state index contributed by atoms with van der Waals surface area (Å²) in [7, 11) is 2.20. The number of rotatable bonds is 16. The van der Waals surface area contributed by atoms with E-state index in [1.54, 1.807) is 36.5 Å². The molecule has 76 heavy (non-hydrogen) atoms. The molecule has 2 aromatic heterocycles. The Kier molecular flexibility index (Phi) is 21.1. The SMILES string of the molecule is CCCC[C@@H]([C@H]1CSSC[C@@H](C(N)=O)NC(=O)[C@H](Cc2c[nH]c3ccccc23)NC(=O)[C@H](CCCNC(=N)N)NC(=O)[C@@H](Cc2ccccc2)NC(=O)[C@H](Cc2cnc[nH]2)NC(=O)[C@@H](C)NC1=O)N1C(=O)N[C@@H](C)C1=O. The number of amides is 10. The van der Waals surface area contributed by atoms with E-state index in [0.29, 0.717) is 29.7 Å². The van der Waals surface area contributed by atoms with Crippen molar-refractivity contribution < 1.29 is 43.2 Å². The Bertz CT molecular complexity index is 2710. The summed E-state index contributed by atoms with van der Waals surface area (Å²) in [6, 6.07) is 5.48. The van der Waals surface area contributed by atoms with Crippen molar-refractivity contribution in [2.24, 2.45) is 17.4 Å². The van der Waals surface area contributed by atoms with Crippen LogP contribution in [0.15, 0.2) is 73.3 Å². The number of carbonyl (C=O) groups is 9. The number of carbonyl (C=O) groups excluding carboxylic acids is 9. The van der Waals surface area contributed by atoms with Gasteiger partial charge in [-0.3, -0.25) is 48.7 Å². The predicted octanol–water partition coefficient (Wildman–Crippen LogP) is 0.106. The summed E-state index contributed by atoms with van der Waals surface area (Å²) in [4.78, 5) is 138. The molecule has 26 heteroatoms. The molecule has 15 N–H and O–H groups in total. The molecule has 6 rings (SSSR count). The Balaban J connectivity index is 1.40. The number of urea groups is 1. The number of hydrogen-bond donors (Lipinski definition) is 13. The van der Waals surface area contributed by atoms with Crippen LogP contribution in [0.3, 0.4) is 0 Å². The van der Waals surface area contributed by atoms with Crippen molar-refractivity contribution in [3.63, 3.8) is 0 Å². The summed E-state index contributed by atoms with van der Waals surface area (Å²) < 4.78 is 0. The molecule has 2 saturated heterocycles. The predicted molar refractivity (Wildman–Crippen MR) is 287 cm³/mol. The fourth-order valence-electron chi connectivity index (χ4n) is 8.84. The second-order valence-corrected chi connectivity index (χ2v) is 21.3. The molecule has 2 aliphatic rings. The van der Waals surface area contributed by atoms with E-state index in [1.807, 2.05) is 31.2 Å². The maximum atomic E-state index is 14.7. The Hall–Kier alpha value is -7.61. The van der Waals surface area contributed by atoms with E-state index >= 15 is 0 Å². The van der Waals surface area contributed by atoms with Gasteiger partial charge in [0, 0.05) is 66.3 Å². The van der Waals surface area contributed by atoms with Crippen molar-refractivity contribution in [3.05, 3.63) is 90.1 Å². The Morgan fingerprint density at radius 1 is 0.724 bits per heavy atom. The number of nitrogens with zero attached hydrogens (tertiary/aromatic N) is 2. The zero-order chi connectivity index (χ0) is 54.9. The number of imidazole rings is 1. The first-order valence-corrected chi connectivity index (χ1v) is 27.6. The van der Waals surface area contributed by atoms with Crippen LogP contribution in [0.2, 0.25) is 0 Å². The van der Waals surface area contributed by atoms with Gasteiger partial charge in [0.05, 0.1) is 18.3 Å². The highest BCUT2D eigenvalue weighted by atomic mass is 33.1. The summed E-state index contributed by atoms with van der Waals surface area (Å²) in [5, 5.41) is 30.2. The number of guanidine groups is 1. The normalized spacial score (nSPS) is 24.3. The van der Waals surface area contributed by atoms with Crippen LogP contribution in [0.1, 0.15) is 69.7 Å². The van der Waals surface area contributed by atoms with Crippen molar-refractivity contribution >= 4 is 91.7 Å².